The van der Waals surface area contributed by atoms with E-state index in [9.17, 15) is 18.0 Å². The maximum Gasteiger partial charge on any atom is 0.284 e. The zero-order valence-electron chi connectivity index (χ0n) is 19.7. The highest BCUT2D eigenvalue weighted by molar-refractivity contribution is 7.89. The molecule has 0 saturated heterocycles. The molecule has 0 spiro atoms. The summed E-state index contributed by atoms with van der Waals surface area (Å²) >= 11 is 0. The standard InChI is InChI=1S/C25H19FN6O5S/c1-37-16-9-7-15(8-10-16)32-23-21(22(30-32)24(27)33)29-13-31(25(23)34)19-11-6-14(12-18(19)26)17-4-2-3-5-20(17)38(28,35)36/h2-13H,1H3,(H2,27,33)(H2,28,35,36). The maximum atomic E-state index is 15.4. The molecule has 13 heteroatoms. The SMILES string of the molecule is COc1ccc(-n2nc(C(N)=O)c3ncn(-c4ccc(-c5ccccc5S(N)(=O)=O)cc4F)c(=O)c32)cc1. The summed E-state index contributed by atoms with van der Waals surface area (Å²) in [4.78, 5) is 29.6. The first kappa shape index (κ1) is 24.8. The molecule has 2 aromatic heterocycles. The zero-order chi connectivity index (χ0) is 27.2. The molecule has 0 saturated carbocycles. The van der Waals surface area contributed by atoms with E-state index in [0.717, 1.165) is 17.0 Å². The van der Waals surface area contributed by atoms with Crippen molar-refractivity contribution in [2.24, 2.45) is 10.9 Å². The van der Waals surface area contributed by atoms with E-state index in [1.165, 1.54) is 42.1 Å². The first-order valence-electron chi connectivity index (χ1n) is 11.0. The van der Waals surface area contributed by atoms with E-state index in [0.29, 0.717) is 11.4 Å². The summed E-state index contributed by atoms with van der Waals surface area (Å²) in [5.41, 5.74) is 5.05. The summed E-state index contributed by atoms with van der Waals surface area (Å²) in [6.07, 6.45) is 1.06. The molecule has 0 bridgehead atoms. The van der Waals surface area contributed by atoms with E-state index in [2.05, 4.69) is 10.1 Å². The lowest BCUT2D eigenvalue weighted by atomic mass is 10.0. The van der Waals surface area contributed by atoms with E-state index in [1.54, 1.807) is 30.3 Å². The van der Waals surface area contributed by atoms with Gasteiger partial charge in [0.15, 0.2) is 11.2 Å². The van der Waals surface area contributed by atoms with Crippen LogP contribution in [0, 0.1) is 5.82 Å². The molecule has 0 atom stereocenters. The van der Waals surface area contributed by atoms with E-state index >= 15 is 4.39 Å². The molecule has 192 valence electrons. The van der Waals surface area contributed by atoms with Crippen molar-refractivity contribution in [3.05, 3.63) is 94.9 Å². The number of primary sulfonamides is 1. The summed E-state index contributed by atoms with van der Waals surface area (Å²) in [5, 5.41) is 9.49. The number of carbonyl (C=O) groups is 1. The lowest BCUT2D eigenvalue weighted by molar-refractivity contribution is 0.0996. The number of fused-ring (bicyclic) bond motifs is 1. The first-order chi connectivity index (χ1) is 18.1. The third-order valence-corrected chi connectivity index (χ3v) is 6.82. The lowest BCUT2D eigenvalue weighted by Gasteiger charge is -2.11. The molecule has 2 heterocycles. The molecule has 5 rings (SSSR count). The Bertz CT molecular complexity index is 1900. The average Bonchev–Trinajstić information content (AvgIpc) is 3.30. The smallest absolute Gasteiger partial charge is 0.284 e. The van der Waals surface area contributed by atoms with Gasteiger partial charge in [0.2, 0.25) is 10.0 Å². The van der Waals surface area contributed by atoms with Crippen LogP contribution >= 0.6 is 0 Å². The fraction of sp³-hybridized carbons (Fsp3) is 0.0400. The normalized spacial score (nSPS) is 11.6. The van der Waals surface area contributed by atoms with Gasteiger partial charge in [-0.1, -0.05) is 24.3 Å². The van der Waals surface area contributed by atoms with E-state index in [1.807, 2.05) is 0 Å². The van der Waals surface area contributed by atoms with Crippen molar-refractivity contribution in [2.45, 2.75) is 4.90 Å². The fourth-order valence-corrected chi connectivity index (χ4v) is 4.84. The fourth-order valence-electron chi connectivity index (χ4n) is 4.08. The minimum Gasteiger partial charge on any atom is -0.497 e. The molecule has 0 aliphatic carbocycles. The highest BCUT2D eigenvalue weighted by Gasteiger charge is 2.23. The molecule has 0 fully saturated rings. The highest BCUT2D eigenvalue weighted by Crippen LogP contribution is 2.29. The zero-order valence-corrected chi connectivity index (χ0v) is 20.5. The Morgan fingerprint density at radius 3 is 2.39 bits per heavy atom. The van der Waals surface area contributed by atoms with Gasteiger partial charge in [-0.3, -0.25) is 14.2 Å². The van der Waals surface area contributed by atoms with Gasteiger partial charge in [0.1, 0.15) is 23.4 Å². The van der Waals surface area contributed by atoms with Crippen LogP contribution in [-0.2, 0) is 10.0 Å². The number of nitrogens with two attached hydrogens (primary N) is 2. The number of benzene rings is 3. The molecule has 4 N–H and O–H groups in total. The van der Waals surface area contributed by atoms with Gasteiger partial charge in [-0.05, 0) is 48.0 Å². The number of sulfonamides is 1. The van der Waals surface area contributed by atoms with Crippen molar-refractivity contribution < 1.29 is 22.3 Å². The number of hydrogen-bond acceptors (Lipinski definition) is 7. The van der Waals surface area contributed by atoms with Gasteiger partial charge >= 0.3 is 0 Å². The Morgan fingerprint density at radius 1 is 1.05 bits per heavy atom. The molecular weight excluding hydrogens is 515 g/mol. The largest absolute Gasteiger partial charge is 0.497 e. The quantitative estimate of drug-likeness (QED) is 0.337. The number of aromatic nitrogens is 4. The van der Waals surface area contributed by atoms with Crippen molar-refractivity contribution in [3.63, 3.8) is 0 Å². The van der Waals surface area contributed by atoms with E-state index in [4.69, 9.17) is 15.6 Å². The van der Waals surface area contributed by atoms with Crippen LogP contribution in [0.1, 0.15) is 10.5 Å². The van der Waals surface area contributed by atoms with Gasteiger partial charge in [0.25, 0.3) is 11.5 Å². The summed E-state index contributed by atoms with van der Waals surface area (Å²) < 4.78 is 46.7. The second-order valence-corrected chi connectivity index (χ2v) is 9.68. The van der Waals surface area contributed by atoms with Crippen LogP contribution in [-0.4, -0.2) is 40.8 Å². The molecule has 0 radical (unpaired) electrons. The Labute approximate surface area is 214 Å². The summed E-state index contributed by atoms with van der Waals surface area (Å²) in [6, 6.07) is 16.3. The average molecular weight is 535 g/mol. The molecule has 0 aliphatic rings. The van der Waals surface area contributed by atoms with Crippen molar-refractivity contribution in [2.75, 3.05) is 7.11 Å². The second-order valence-electron chi connectivity index (χ2n) is 8.15. The van der Waals surface area contributed by atoms with Crippen LogP contribution in [0.4, 0.5) is 4.39 Å². The Hall–Kier alpha value is -4.88. The van der Waals surface area contributed by atoms with Gasteiger partial charge in [-0.15, -0.1) is 0 Å². The van der Waals surface area contributed by atoms with Gasteiger partial charge in [-0.25, -0.2) is 27.6 Å². The van der Waals surface area contributed by atoms with Crippen molar-refractivity contribution in [1.82, 2.24) is 19.3 Å². The van der Waals surface area contributed by atoms with E-state index < -0.39 is 27.3 Å². The number of rotatable bonds is 6. The van der Waals surface area contributed by atoms with Gasteiger partial charge in [-0.2, -0.15) is 5.10 Å². The van der Waals surface area contributed by atoms with Crippen molar-refractivity contribution in [3.8, 4) is 28.3 Å². The third kappa shape index (κ3) is 4.19. The highest BCUT2D eigenvalue weighted by atomic mass is 32.2. The minimum absolute atomic E-state index is 0.0475. The summed E-state index contributed by atoms with van der Waals surface area (Å²) in [5.74, 6) is -1.17. The van der Waals surface area contributed by atoms with Crippen LogP contribution < -0.4 is 21.2 Å². The molecule has 0 aliphatic heterocycles. The third-order valence-electron chi connectivity index (χ3n) is 5.85. The Kier molecular flexibility index (Phi) is 6.01. The van der Waals surface area contributed by atoms with Crippen LogP contribution in [0.25, 0.3) is 33.5 Å². The van der Waals surface area contributed by atoms with Gasteiger partial charge < -0.3 is 10.5 Å². The number of halogens is 1. The maximum absolute atomic E-state index is 15.4. The summed E-state index contributed by atoms with van der Waals surface area (Å²) in [7, 11) is -2.57. The van der Waals surface area contributed by atoms with Gasteiger partial charge in [0, 0.05) is 5.56 Å². The number of amides is 1. The minimum atomic E-state index is -4.07. The molecule has 38 heavy (non-hydrogen) atoms. The molecule has 0 unspecified atom stereocenters. The van der Waals surface area contributed by atoms with Crippen LogP contribution in [0.2, 0.25) is 0 Å². The van der Waals surface area contributed by atoms with Gasteiger partial charge in [0.05, 0.1) is 23.4 Å². The second kappa shape index (κ2) is 9.21. The number of carbonyl (C=O) groups excluding carboxylic acids is 1. The monoisotopic (exact) mass is 534 g/mol. The molecular formula is C25H19FN6O5S. The predicted molar refractivity (Wildman–Crippen MR) is 136 cm³/mol. The van der Waals surface area contributed by atoms with Crippen LogP contribution in [0.3, 0.4) is 0 Å². The summed E-state index contributed by atoms with van der Waals surface area (Å²) in [6.45, 7) is 0. The molecule has 11 nitrogen and oxygen atoms in total. The van der Waals surface area contributed by atoms with Crippen molar-refractivity contribution in [1.29, 1.82) is 0 Å². The lowest BCUT2D eigenvalue weighted by Crippen LogP contribution is -2.22. The number of methoxy groups -OCH3 is 1. The Morgan fingerprint density at radius 2 is 1.76 bits per heavy atom. The van der Waals surface area contributed by atoms with Crippen LogP contribution in [0.5, 0.6) is 5.75 Å². The van der Waals surface area contributed by atoms with Crippen molar-refractivity contribution >= 4 is 27.0 Å². The number of primary amides is 1. The number of nitrogens with zero attached hydrogens (tertiary/aromatic N) is 4. The Balaban J connectivity index is 1.69. The number of hydrogen-bond donors (Lipinski definition) is 2. The molecule has 3 aromatic carbocycles. The van der Waals surface area contributed by atoms with Crippen LogP contribution in [0.15, 0.2) is 82.7 Å². The number of ether oxygens (including phenoxy) is 1. The predicted octanol–water partition coefficient (Wildman–Crippen LogP) is 2.13. The van der Waals surface area contributed by atoms with E-state index in [-0.39, 0.29) is 38.4 Å². The molecule has 5 aromatic rings. The molecule has 1 amide bonds. The topological polar surface area (TPSA) is 165 Å². The first-order valence-corrected chi connectivity index (χ1v) is 12.5.